The molecule has 1 saturated heterocycles. The van der Waals surface area contributed by atoms with Crippen molar-refractivity contribution >= 4 is 5.91 Å². The Kier molecular flexibility index (Phi) is 3.70. The molecule has 0 aromatic carbocycles. The normalized spacial score (nSPS) is 40.4. The number of nitrogens with one attached hydrogen (secondary N) is 1. The first-order valence-electron chi connectivity index (χ1n) is 7.06. The highest BCUT2D eigenvalue weighted by Crippen LogP contribution is 2.36. The molecule has 18 heavy (non-hydrogen) atoms. The summed E-state index contributed by atoms with van der Waals surface area (Å²) in [6.45, 7) is 8.44. The lowest BCUT2D eigenvalue weighted by atomic mass is 9.86. The molecule has 2 fully saturated rings. The number of nitrogens with zero attached hydrogens (tertiary/aromatic N) is 1. The maximum atomic E-state index is 12.6. The molecule has 2 unspecified atom stereocenters. The highest BCUT2D eigenvalue weighted by molar-refractivity contribution is 5.88. The second-order valence-corrected chi connectivity index (χ2v) is 6.21. The molecule has 2 rings (SSSR count). The number of hydrogen-bond donors (Lipinski definition) is 1. The fraction of sp³-hybridized carbons (Fsp3) is 0.929. The number of carbonyl (C=O) groups excluding carboxylic acids is 1. The summed E-state index contributed by atoms with van der Waals surface area (Å²) in [5.74, 6) is 0.701. The van der Waals surface area contributed by atoms with Crippen LogP contribution in [0, 0.1) is 5.92 Å². The zero-order valence-electron chi connectivity index (χ0n) is 12.2. The van der Waals surface area contributed by atoms with E-state index in [0.29, 0.717) is 18.1 Å². The van der Waals surface area contributed by atoms with Crippen molar-refractivity contribution in [3.8, 4) is 0 Å². The van der Waals surface area contributed by atoms with E-state index in [2.05, 4.69) is 31.0 Å². The summed E-state index contributed by atoms with van der Waals surface area (Å²) in [5.41, 5.74) is -0.382. The van der Waals surface area contributed by atoms with Gasteiger partial charge in [-0.1, -0.05) is 20.8 Å². The van der Waals surface area contributed by atoms with Gasteiger partial charge in [0, 0.05) is 13.2 Å². The summed E-state index contributed by atoms with van der Waals surface area (Å²) in [6.07, 6.45) is 3.31. The zero-order chi connectivity index (χ0) is 13.5. The zero-order valence-corrected chi connectivity index (χ0v) is 12.2. The lowest BCUT2D eigenvalue weighted by Gasteiger charge is -2.43. The van der Waals surface area contributed by atoms with Crippen molar-refractivity contribution in [3.05, 3.63) is 0 Å². The number of ether oxygens (including phenoxy) is 1. The summed E-state index contributed by atoms with van der Waals surface area (Å²) < 4.78 is 5.33. The first-order valence-corrected chi connectivity index (χ1v) is 7.06. The summed E-state index contributed by atoms with van der Waals surface area (Å²) in [4.78, 5) is 14.7. The van der Waals surface area contributed by atoms with Gasteiger partial charge in [0.1, 0.15) is 0 Å². The minimum absolute atomic E-state index is 0.172. The van der Waals surface area contributed by atoms with Gasteiger partial charge in [0.05, 0.1) is 17.8 Å². The van der Waals surface area contributed by atoms with Crippen molar-refractivity contribution in [2.45, 2.75) is 70.8 Å². The van der Waals surface area contributed by atoms with Gasteiger partial charge in [-0.25, -0.2) is 0 Å². The molecule has 0 spiro atoms. The van der Waals surface area contributed by atoms with E-state index in [1.54, 1.807) is 7.11 Å². The van der Waals surface area contributed by atoms with Gasteiger partial charge in [0.25, 0.3) is 0 Å². The van der Waals surface area contributed by atoms with Gasteiger partial charge >= 0.3 is 0 Å². The molecule has 0 aromatic heterocycles. The van der Waals surface area contributed by atoms with Crippen LogP contribution in [0.5, 0.6) is 0 Å². The maximum absolute atomic E-state index is 12.6. The Balaban J connectivity index is 2.13. The smallest absolute Gasteiger partial charge is 0.244 e. The van der Waals surface area contributed by atoms with Crippen LogP contribution in [-0.4, -0.2) is 41.8 Å². The maximum Gasteiger partial charge on any atom is 0.244 e. The Bertz CT molecular complexity index is 326. The molecule has 1 N–H and O–H groups in total. The standard InChI is InChI=1S/C14H26N2O2/c1-6-14(4)13(17)16(12(15-14)9(2)3)10-7-11(8-10)18-5/h9-12,15H,6-8H2,1-5H3. The fourth-order valence-electron chi connectivity index (χ4n) is 2.96. The van der Waals surface area contributed by atoms with E-state index in [0.717, 1.165) is 19.3 Å². The molecule has 1 amide bonds. The van der Waals surface area contributed by atoms with Gasteiger partial charge in [0.2, 0.25) is 5.91 Å². The van der Waals surface area contributed by atoms with Gasteiger partial charge in [0.15, 0.2) is 0 Å². The Morgan fingerprint density at radius 1 is 1.50 bits per heavy atom. The van der Waals surface area contributed by atoms with Crippen LogP contribution >= 0.6 is 0 Å². The summed E-state index contributed by atoms with van der Waals surface area (Å²) in [5, 5.41) is 3.53. The van der Waals surface area contributed by atoms with Crippen LogP contribution in [0.25, 0.3) is 0 Å². The second kappa shape index (κ2) is 4.82. The van der Waals surface area contributed by atoms with Crippen LogP contribution in [0.15, 0.2) is 0 Å². The third-order valence-corrected chi connectivity index (χ3v) is 4.61. The van der Waals surface area contributed by atoms with Crippen LogP contribution in [0.2, 0.25) is 0 Å². The van der Waals surface area contributed by atoms with Crippen molar-refractivity contribution in [2.75, 3.05) is 7.11 Å². The van der Waals surface area contributed by atoms with E-state index >= 15 is 0 Å². The molecule has 104 valence electrons. The Hall–Kier alpha value is -0.610. The van der Waals surface area contributed by atoms with Gasteiger partial charge < -0.3 is 9.64 Å². The van der Waals surface area contributed by atoms with Crippen molar-refractivity contribution in [1.29, 1.82) is 0 Å². The van der Waals surface area contributed by atoms with Gasteiger partial charge in [-0.3, -0.25) is 10.1 Å². The predicted octanol–water partition coefficient (Wildman–Crippen LogP) is 1.75. The summed E-state index contributed by atoms with van der Waals surface area (Å²) >= 11 is 0. The minimum atomic E-state index is -0.382. The van der Waals surface area contributed by atoms with E-state index in [-0.39, 0.29) is 17.6 Å². The van der Waals surface area contributed by atoms with Crippen molar-refractivity contribution < 1.29 is 9.53 Å². The average molecular weight is 254 g/mol. The lowest BCUT2D eigenvalue weighted by Crippen LogP contribution is -2.54. The van der Waals surface area contributed by atoms with Crippen molar-refractivity contribution in [1.82, 2.24) is 10.2 Å². The monoisotopic (exact) mass is 254 g/mol. The van der Waals surface area contributed by atoms with E-state index in [4.69, 9.17) is 4.74 Å². The minimum Gasteiger partial charge on any atom is -0.381 e. The van der Waals surface area contributed by atoms with Crippen LogP contribution in [0.3, 0.4) is 0 Å². The molecule has 0 aromatic rings. The number of methoxy groups -OCH3 is 1. The summed E-state index contributed by atoms with van der Waals surface area (Å²) in [6, 6.07) is 0.357. The average Bonchev–Trinajstić information content (AvgIpc) is 2.54. The van der Waals surface area contributed by atoms with E-state index in [1.165, 1.54) is 0 Å². The van der Waals surface area contributed by atoms with Crippen molar-refractivity contribution in [3.63, 3.8) is 0 Å². The Morgan fingerprint density at radius 2 is 2.11 bits per heavy atom. The van der Waals surface area contributed by atoms with Gasteiger partial charge in [-0.2, -0.15) is 0 Å². The highest BCUT2D eigenvalue weighted by atomic mass is 16.5. The molecule has 0 radical (unpaired) electrons. The molecule has 2 aliphatic rings. The Morgan fingerprint density at radius 3 is 2.56 bits per heavy atom. The number of carbonyl (C=O) groups is 1. The Labute approximate surface area is 110 Å². The molecule has 1 saturated carbocycles. The van der Waals surface area contributed by atoms with Crippen molar-refractivity contribution in [2.24, 2.45) is 5.92 Å². The van der Waals surface area contributed by atoms with E-state index in [1.807, 2.05) is 6.92 Å². The molecule has 2 atom stereocenters. The van der Waals surface area contributed by atoms with E-state index in [9.17, 15) is 4.79 Å². The van der Waals surface area contributed by atoms with Gasteiger partial charge in [-0.05, 0) is 32.1 Å². The van der Waals surface area contributed by atoms with Crippen LogP contribution in [-0.2, 0) is 9.53 Å². The molecule has 0 bridgehead atoms. The first-order chi connectivity index (χ1) is 8.42. The molecule has 4 nitrogen and oxygen atoms in total. The quantitative estimate of drug-likeness (QED) is 0.831. The molecule has 1 aliphatic heterocycles. The highest BCUT2D eigenvalue weighted by Gasteiger charge is 2.52. The number of hydrogen-bond acceptors (Lipinski definition) is 3. The molecular weight excluding hydrogens is 228 g/mol. The summed E-state index contributed by atoms with van der Waals surface area (Å²) in [7, 11) is 1.75. The molecule has 1 heterocycles. The van der Waals surface area contributed by atoms with E-state index < -0.39 is 0 Å². The lowest BCUT2D eigenvalue weighted by molar-refractivity contribution is -0.141. The first kappa shape index (κ1) is 13.8. The topological polar surface area (TPSA) is 41.6 Å². The predicted molar refractivity (Wildman–Crippen MR) is 71.1 cm³/mol. The third-order valence-electron chi connectivity index (χ3n) is 4.61. The van der Waals surface area contributed by atoms with Gasteiger partial charge in [-0.15, -0.1) is 0 Å². The van der Waals surface area contributed by atoms with Crippen LogP contribution in [0.4, 0.5) is 0 Å². The fourth-order valence-corrected chi connectivity index (χ4v) is 2.96. The van der Waals surface area contributed by atoms with Crippen LogP contribution < -0.4 is 5.32 Å². The number of amides is 1. The second-order valence-electron chi connectivity index (χ2n) is 6.21. The van der Waals surface area contributed by atoms with Crippen LogP contribution in [0.1, 0.15) is 47.0 Å². The third kappa shape index (κ3) is 2.05. The number of rotatable bonds is 4. The largest absolute Gasteiger partial charge is 0.381 e. The molecular formula is C14H26N2O2. The molecule has 1 aliphatic carbocycles. The molecule has 4 heteroatoms. The SMILES string of the molecule is CCC1(C)NC(C(C)C)N(C2CC(OC)C2)C1=O.